The van der Waals surface area contributed by atoms with Gasteiger partial charge in [-0.15, -0.1) is 0 Å². The summed E-state index contributed by atoms with van der Waals surface area (Å²) in [5.41, 5.74) is 1.41. The highest BCUT2D eigenvalue weighted by atomic mass is 19.1. The van der Waals surface area contributed by atoms with Crippen molar-refractivity contribution in [3.63, 3.8) is 0 Å². The highest BCUT2D eigenvalue weighted by Crippen LogP contribution is 2.21. The first kappa shape index (κ1) is 19.0. The molecule has 0 saturated carbocycles. The van der Waals surface area contributed by atoms with Gasteiger partial charge in [0.1, 0.15) is 5.82 Å². The maximum Gasteiger partial charge on any atom is 0.330 e. The molecule has 2 atom stereocenters. The summed E-state index contributed by atoms with van der Waals surface area (Å²) in [6.45, 7) is 1.94. The minimum atomic E-state index is -1.08. The van der Waals surface area contributed by atoms with Gasteiger partial charge in [-0.2, -0.15) is 0 Å². The third kappa shape index (κ3) is 5.14. The van der Waals surface area contributed by atoms with Crippen LogP contribution in [0, 0.1) is 11.7 Å². The molecular formula is C21H23FN2O3. The number of carbonyl (C=O) groups is 2. The van der Waals surface area contributed by atoms with Gasteiger partial charge < -0.3 is 10.4 Å². The van der Waals surface area contributed by atoms with E-state index in [1.54, 1.807) is 36.4 Å². The highest BCUT2D eigenvalue weighted by Gasteiger charge is 2.29. The second-order valence-electron chi connectivity index (χ2n) is 6.89. The molecule has 1 aliphatic heterocycles. The third-order valence-electron chi connectivity index (χ3n) is 4.84. The predicted molar refractivity (Wildman–Crippen MR) is 99.4 cm³/mol. The molecule has 1 heterocycles. The van der Waals surface area contributed by atoms with Gasteiger partial charge in [0.2, 0.25) is 5.91 Å². The zero-order valence-corrected chi connectivity index (χ0v) is 15.0. The molecule has 3 rings (SSSR count). The van der Waals surface area contributed by atoms with Crippen LogP contribution in [0.3, 0.4) is 0 Å². The van der Waals surface area contributed by atoms with Gasteiger partial charge in [-0.3, -0.25) is 9.69 Å². The summed E-state index contributed by atoms with van der Waals surface area (Å²) < 4.78 is 13.4. The van der Waals surface area contributed by atoms with Crippen LogP contribution >= 0.6 is 0 Å². The maximum atomic E-state index is 13.4. The summed E-state index contributed by atoms with van der Waals surface area (Å²) >= 11 is 0. The largest absolute Gasteiger partial charge is 0.479 e. The lowest BCUT2D eigenvalue weighted by molar-refractivity contribution is -0.143. The van der Waals surface area contributed by atoms with Gasteiger partial charge in [-0.1, -0.05) is 42.5 Å². The van der Waals surface area contributed by atoms with Crippen molar-refractivity contribution < 1.29 is 19.1 Å². The molecule has 2 aromatic carbocycles. The average molecular weight is 370 g/mol. The molecule has 0 radical (unpaired) electrons. The van der Waals surface area contributed by atoms with Crippen molar-refractivity contribution in [1.82, 2.24) is 10.2 Å². The molecule has 0 aliphatic carbocycles. The Morgan fingerprint density at radius 3 is 2.67 bits per heavy atom. The highest BCUT2D eigenvalue weighted by molar-refractivity contribution is 5.86. The molecule has 6 heteroatoms. The Morgan fingerprint density at radius 1 is 1.19 bits per heavy atom. The predicted octanol–water partition coefficient (Wildman–Crippen LogP) is 2.98. The number of nitrogens with one attached hydrogen (secondary N) is 1. The van der Waals surface area contributed by atoms with Crippen molar-refractivity contribution in [3.8, 4) is 0 Å². The molecule has 0 aromatic heterocycles. The molecule has 27 heavy (non-hydrogen) atoms. The number of hydrogen-bond acceptors (Lipinski definition) is 3. The molecule has 1 saturated heterocycles. The maximum absolute atomic E-state index is 13.4. The van der Waals surface area contributed by atoms with E-state index in [0.29, 0.717) is 25.1 Å². The number of piperidine rings is 1. The lowest BCUT2D eigenvalue weighted by atomic mass is 9.95. The van der Waals surface area contributed by atoms with Crippen LogP contribution in [0.4, 0.5) is 4.39 Å². The molecule has 0 bridgehead atoms. The number of amides is 1. The molecule has 1 aliphatic rings. The van der Waals surface area contributed by atoms with Crippen molar-refractivity contribution in [1.29, 1.82) is 0 Å². The van der Waals surface area contributed by atoms with Crippen LogP contribution in [0.2, 0.25) is 0 Å². The lowest BCUT2D eigenvalue weighted by Gasteiger charge is -2.32. The Balaban J connectivity index is 1.63. The van der Waals surface area contributed by atoms with E-state index in [0.717, 1.165) is 18.5 Å². The van der Waals surface area contributed by atoms with Crippen LogP contribution in [0.15, 0.2) is 54.6 Å². The molecule has 2 aromatic rings. The van der Waals surface area contributed by atoms with E-state index in [2.05, 4.69) is 10.2 Å². The summed E-state index contributed by atoms with van der Waals surface area (Å²) in [5, 5.41) is 12.2. The number of halogens is 1. The fourth-order valence-corrected chi connectivity index (χ4v) is 3.50. The quantitative estimate of drug-likeness (QED) is 0.820. The third-order valence-corrected chi connectivity index (χ3v) is 4.84. The lowest BCUT2D eigenvalue weighted by Crippen LogP contribution is -2.45. The summed E-state index contributed by atoms with van der Waals surface area (Å²) in [6.07, 6.45) is 1.56. The van der Waals surface area contributed by atoms with Crippen molar-refractivity contribution in [2.45, 2.75) is 25.4 Å². The van der Waals surface area contributed by atoms with Gasteiger partial charge in [0.15, 0.2) is 6.04 Å². The SMILES string of the molecule is O=C(N[C@@H](C(=O)O)c1ccccc1)[C@H]1CCCN(Cc2cccc(F)c2)C1. The Labute approximate surface area is 157 Å². The van der Waals surface area contributed by atoms with Crippen molar-refractivity contribution in [3.05, 3.63) is 71.5 Å². The summed E-state index contributed by atoms with van der Waals surface area (Å²) in [4.78, 5) is 26.4. The van der Waals surface area contributed by atoms with E-state index in [1.807, 2.05) is 6.07 Å². The molecular weight excluding hydrogens is 347 g/mol. The first-order chi connectivity index (χ1) is 13.0. The number of carboxylic acid groups (broad SMARTS) is 1. The van der Waals surface area contributed by atoms with E-state index in [-0.39, 0.29) is 17.6 Å². The average Bonchev–Trinajstić information content (AvgIpc) is 2.66. The molecule has 1 fully saturated rings. The van der Waals surface area contributed by atoms with Crippen molar-refractivity contribution >= 4 is 11.9 Å². The van der Waals surface area contributed by atoms with Crippen LogP contribution in [0.1, 0.15) is 30.0 Å². The van der Waals surface area contributed by atoms with E-state index < -0.39 is 12.0 Å². The minimum absolute atomic E-state index is 0.254. The van der Waals surface area contributed by atoms with Crippen LogP contribution in [-0.4, -0.2) is 35.0 Å². The normalized spacial score (nSPS) is 18.6. The van der Waals surface area contributed by atoms with Gasteiger partial charge in [-0.25, -0.2) is 9.18 Å². The Bertz CT molecular complexity index is 797. The van der Waals surface area contributed by atoms with Gasteiger partial charge in [-0.05, 0) is 42.6 Å². The van der Waals surface area contributed by atoms with Crippen molar-refractivity contribution in [2.75, 3.05) is 13.1 Å². The van der Waals surface area contributed by atoms with E-state index in [4.69, 9.17) is 0 Å². The first-order valence-electron chi connectivity index (χ1n) is 9.08. The first-order valence-corrected chi connectivity index (χ1v) is 9.08. The van der Waals surface area contributed by atoms with Gasteiger partial charge >= 0.3 is 5.97 Å². The number of nitrogens with zero attached hydrogens (tertiary/aromatic N) is 1. The number of aliphatic carboxylic acids is 1. The van der Waals surface area contributed by atoms with Crippen LogP contribution < -0.4 is 5.32 Å². The number of carboxylic acids is 1. The second kappa shape index (κ2) is 8.77. The van der Waals surface area contributed by atoms with Gasteiger partial charge in [0.25, 0.3) is 0 Å². The zero-order chi connectivity index (χ0) is 19.2. The molecule has 0 unspecified atom stereocenters. The number of hydrogen-bond donors (Lipinski definition) is 2. The van der Waals surface area contributed by atoms with Crippen LogP contribution in [-0.2, 0) is 16.1 Å². The van der Waals surface area contributed by atoms with E-state index in [1.165, 1.54) is 12.1 Å². The minimum Gasteiger partial charge on any atom is -0.479 e. The number of likely N-dealkylation sites (tertiary alicyclic amines) is 1. The Morgan fingerprint density at radius 2 is 1.96 bits per heavy atom. The fraction of sp³-hybridized carbons (Fsp3) is 0.333. The summed E-state index contributed by atoms with van der Waals surface area (Å²) in [5.74, 6) is -1.89. The van der Waals surface area contributed by atoms with Crippen LogP contribution in [0.25, 0.3) is 0 Å². The molecule has 5 nitrogen and oxygen atoms in total. The van der Waals surface area contributed by atoms with E-state index >= 15 is 0 Å². The summed E-state index contributed by atoms with van der Waals surface area (Å²) in [7, 11) is 0. The number of benzene rings is 2. The molecule has 0 spiro atoms. The smallest absolute Gasteiger partial charge is 0.330 e. The monoisotopic (exact) mass is 370 g/mol. The molecule has 142 valence electrons. The number of carbonyl (C=O) groups excluding carboxylic acids is 1. The molecule has 1 amide bonds. The molecule has 2 N–H and O–H groups in total. The van der Waals surface area contributed by atoms with Crippen molar-refractivity contribution in [2.24, 2.45) is 5.92 Å². The fourth-order valence-electron chi connectivity index (χ4n) is 3.50. The topological polar surface area (TPSA) is 69.6 Å². The standard InChI is InChI=1S/C21H23FN2O3/c22-18-10-4-6-15(12-18)13-24-11-5-9-17(14-24)20(25)23-19(21(26)27)16-7-2-1-3-8-16/h1-4,6-8,10,12,17,19H,5,9,11,13-14H2,(H,23,25)(H,26,27)/t17-,19+/m0/s1. The Kier molecular flexibility index (Phi) is 6.19. The van der Waals surface area contributed by atoms with Gasteiger partial charge in [0, 0.05) is 13.1 Å². The van der Waals surface area contributed by atoms with E-state index in [9.17, 15) is 19.1 Å². The zero-order valence-electron chi connectivity index (χ0n) is 15.0. The second-order valence-corrected chi connectivity index (χ2v) is 6.89. The summed E-state index contributed by atoms with van der Waals surface area (Å²) in [6, 6.07) is 14.1. The van der Waals surface area contributed by atoms with Gasteiger partial charge in [0.05, 0.1) is 5.92 Å². The number of rotatable bonds is 6. The Hall–Kier alpha value is -2.73. The van der Waals surface area contributed by atoms with Crippen LogP contribution in [0.5, 0.6) is 0 Å².